The van der Waals surface area contributed by atoms with Gasteiger partial charge in [0.1, 0.15) is 11.5 Å². The first-order valence-electron chi connectivity index (χ1n) is 18.8. The highest BCUT2D eigenvalue weighted by molar-refractivity contribution is 5.68. The summed E-state index contributed by atoms with van der Waals surface area (Å²) >= 11 is 0. The summed E-state index contributed by atoms with van der Waals surface area (Å²) in [5, 5.41) is 0. The summed E-state index contributed by atoms with van der Waals surface area (Å²) in [4.78, 5) is 0. The highest BCUT2D eigenvalue weighted by Crippen LogP contribution is 2.42. The topological polar surface area (TPSA) is 70.5 Å². The van der Waals surface area contributed by atoms with Crippen LogP contribution in [0.2, 0.25) is 0 Å². The van der Waals surface area contributed by atoms with Gasteiger partial charge < -0.3 is 20.9 Å². The number of nitrogen functional groups attached to an aromatic ring is 2. The second kappa shape index (κ2) is 17.7. The molecule has 0 radical (unpaired) electrons. The average molecular weight is 625 g/mol. The van der Waals surface area contributed by atoms with Crippen LogP contribution in [-0.2, 0) is 0 Å². The molecular formula is C42H60N2O2. The zero-order valence-corrected chi connectivity index (χ0v) is 28.8. The van der Waals surface area contributed by atoms with Gasteiger partial charge in [-0.1, -0.05) is 102 Å². The largest absolute Gasteiger partial charge is 0.455 e. The van der Waals surface area contributed by atoms with Crippen LogP contribution in [-0.4, -0.2) is 0 Å². The Hall–Kier alpha value is -3.14. The van der Waals surface area contributed by atoms with Crippen LogP contribution in [0.15, 0.2) is 60.7 Å². The van der Waals surface area contributed by atoms with Crippen molar-refractivity contribution in [2.24, 2.45) is 11.8 Å². The molecule has 2 saturated carbocycles. The minimum atomic E-state index is 0.502. The summed E-state index contributed by atoms with van der Waals surface area (Å²) in [5.74, 6) is 5.83. The molecule has 3 aromatic rings. The molecule has 4 N–H and O–H groups in total. The van der Waals surface area contributed by atoms with E-state index in [1.54, 1.807) is 6.07 Å². The van der Waals surface area contributed by atoms with Crippen molar-refractivity contribution in [3.05, 3.63) is 71.8 Å². The molecule has 0 heterocycles. The summed E-state index contributed by atoms with van der Waals surface area (Å²) in [6, 6.07) is 20.7. The highest BCUT2D eigenvalue weighted by Gasteiger charge is 2.23. The fraction of sp³-hybridized carbons (Fsp3) is 0.571. The monoisotopic (exact) mass is 624 g/mol. The standard InChI is InChI=1S/C42H60N2O2/c1-3-5-7-8-10-12-32-15-19-34(20-16-32)36-23-27-38(28-24-36)46-42-30-41(39(43)29-40(42)44)45-37-25-21-35(22-26-37)33-17-13-31(14-18-33)11-9-6-4-2/h21-34H,3-20,43-44H2,1-2H3. The maximum atomic E-state index is 6.34. The molecule has 3 aromatic carbocycles. The van der Waals surface area contributed by atoms with E-state index in [1.165, 1.54) is 127 Å². The van der Waals surface area contributed by atoms with Crippen molar-refractivity contribution in [2.45, 2.75) is 141 Å². The number of unbranched alkanes of at least 4 members (excludes halogenated alkanes) is 6. The van der Waals surface area contributed by atoms with E-state index >= 15 is 0 Å². The fourth-order valence-corrected chi connectivity index (χ4v) is 7.93. The summed E-state index contributed by atoms with van der Waals surface area (Å²) < 4.78 is 12.5. The molecule has 0 saturated heterocycles. The molecule has 0 amide bonds. The summed E-state index contributed by atoms with van der Waals surface area (Å²) in [6.45, 7) is 4.58. The van der Waals surface area contributed by atoms with Crippen molar-refractivity contribution in [3.8, 4) is 23.0 Å². The van der Waals surface area contributed by atoms with Gasteiger partial charge in [0.15, 0.2) is 11.5 Å². The quantitative estimate of drug-likeness (QED) is 0.123. The van der Waals surface area contributed by atoms with Gasteiger partial charge in [0.2, 0.25) is 0 Å². The molecule has 4 heteroatoms. The number of benzene rings is 3. The molecule has 4 nitrogen and oxygen atoms in total. The van der Waals surface area contributed by atoms with Crippen molar-refractivity contribution in [2.75, 3.05) is 11.5 Å². The smallest absolute Gasteiger partial charge is 0.154 e. The third-order valence-corrected chi connectivity index (χ3v) is 10.9. The Morgan fingerprint density at radius 3 is 1.33 bits per heavy atom. The molecule has 0 aromatic heterocycles. The maximum absolute atomic E-state index is 6.34. The van der Waals surface area contributed by atoms with Crippen LogP contribution in [0.5, 0.6) is 23.0 Å². The number of anilines is 2. The van der Waals surface area contributed by atoms with E-state index < -0.39 is 0 Å². The molecule has 0 spiro atoms. The predicted molar refractivity (Wildman–Crippen MR) is 195 cm³/mol. The van der Waals surface area contributed by atoms with Crippen LogP contribution < -0.4 is 20.9 Å². The zero-order valence-electron chi connectivity index (χ0n) is 28.8. The van der Waals surface area contributed by atoms with E-state index in [0.717, 1.165) is 23.3 Å². The molecule has 5 rings (SSSR count). The fourth-order valence-electron chi connectivity index (χ4n) is 7.93. The normalized spacial score (nSPS) is 21.6. The van der Waals surface area contributed by atoms with Crippen molar-refractivity contribution in [1.29, 1.82) is 0 Å². The first-order valence-corrected chi connectivity index (χ1v) is 18.8. The van der Waals surface area contributed by atoms with Crippen molar-refractivity contribution in [1.82, 2.24) is 0 Å². The molecule has 2 aliphatic carbocycles. The Balaban J connectivity index is 1.11. The van der Waals surface area contributed by atoms with Crippen LogP contribution in [0.4, 0.5) is 11.4 Å². The van der Waals surface area contributed by atoms with E-state index in [2.05, 4.69) is 62.4 Å². The Labute approximate surface area is 279 Å². The lowest BCUT2D eigenvalue weighted by molar-refractivity contribution is 0.302. The van der Waals surface area contributed by atoms with Crippen LogP contribution in [0, 0.1) is 11.8 Å². The summed E-state index contributed by atoms with van der Waals surface area (Å²) in [6.07, 6.45) is 24.5. The molecule has 2 fully saturated rings. The van der Waals surface area contributed by atoms with Gasteiger partial charge in [0, 0.05) is 6.07 Å². The van der Waals surface area contributed by atoms with Gasteiger partial charge >= 0.3 is 0 Å². The van der Waals surface area contributed by atoms with E-state index in [1.807, 2.05) is 6.07 Å². The van der Waals surface area contributed by atoms with E-state index in [9.17, 15) is 0 Å². The lowest BCUT2D eigenvalue weighted by Gasteiger charge is -2.29. The molecular weight excluding hydrogens is 564 g/mol. The predicted octanol–water partition coefficient (Wildman–Crippen LogP) is 12.9. The number of hydrogen-bond donors (Lipinski definition) is 2. The number of rotatable bonds is 16. The van der Waals surface area contributed by atoms with Crippen molar-refractivity contribution in [3.63, 3.8) is 0 Å². The van der Waals surface area contributed by atoms with Gasteiger partial charge in [-0.05, 0) is 116 Å². The summed E-state index contributed by atoms with van der Waals surface area (Å²) in [5.41, 5.74) is 16.5. The molecule has 46 heavy (non-hydrogen) atoms. The average Bonchev–Trinajstić information content (AvgIpc) is 3.08. The highest BCUT2D eigenvalue weighted by atomic mass is 16.5. The molecule has 0 unspecified atom stereocenters. The number of hydrogen-bond acceptors (Lipinski definition) is 4. The van der Waals surface area contributed by atoms with Gasteiger partial charge in [-0.15, -0.1) is 0 Å². The van der Waals surface area contributed by atoms with Gasteiger partial charge in [0.25, 0.3) is 0 Å². The van der Waals surface area contributed by atoms with E-state index in [0.29, 0.717) is 34.7 Å². The third-order valence-electron chi connectivity index (χ3n) is 10.9. The number of ether oxygens (including phenoxy) is 2. The van der Waals surface area contributed by atoms with Gasteiger partial charge in [-0.3, -0.25) is 0 Å². The molecule has 0 atom stereocenters. The van der Waals surface area contributed by atoms with Crippen molar-refractivity contribution >= 4 is 11.4 Å². The minimum Gasteiger partial charge on any atom is -0.455 e. The Bertz CT molecular complexity index is 1300. The first-order chi connectivity index (χ1) is 22.5. The Morgan fingerprint density at radius 2 is 0.891 bits per heavy atom. The second-order valence-corrected chi connectivity index (χ2v) is 14.4. The Kier molecular flexibility index (Phi) is 13.2. The summed E-state index contributed by atoms with van der Waals surface area (Å²) in [7, 11) is 0. The second-order valence-electron chi connectivity index (χ2n) is 14.4. The first kappa shape index (κ1) is 34.2. The lowest BCUT2D eigenvalue weighted by Crippen LogP contribution is -2.13. The SMILES string of the molecule is CCCCCCCC1CCC(c2ccc(Oc3cc(Oc4ccc(C5CCC(CCCCC)CC5)cc4)c(N)cc3N)cc2)CC1. The van der Waals surface area contributed by atoms with Crippen LogP contribution >= 0.6 is 0 Å². The van der Waals surface area contributed by atoms with E-state index in [4.69, 9.17) is 20.9 Å². The molecule has 2 aliphatic rings. The third kappa shape index (κ3) is 9.93. The molecule has 0 bridgehead atoms. The number of nitrogens with two attached hydrogens (primary N) is 2. The molecule has 0 aliphatic heterocycles. The van der Waals surface area contributed by atoms with Gasteiger partial charge in [0.05, 0.1) is 11.4 Å². The van der Waals surface area contributed by atoms with E-state index in [-0.39, 0.29) is 0 Å². The van der Waals surface area contributed by atoms with Crippen LogP contribution in [0.25, 0.3) is 0 Å². The van der Waals surface area contributed by atoms with Crippen molar-refractivity contribution < 1.29 is 9.47 Å². The Morgan fingerprint density at radius 1 is 0.500 bits per heavy atom. The zero-order chi connectivity index (χ0) is 32.1. The minimum absolute atomic E-state index is 0.502. The van der Waals surface area contributed by atoms with Crippen LogP contribution in [0.1, 0.15) is 152 Å². The van der Waals surface area contributed by atoms with Gasteiger partial charge in [-0.2, -0.15) is 0 Å². The van der Waals surface area contributed by atoms with Gasteiger partial charge in [-0.25, -0.2) is 0 Å². The maximum Gasteiger partial charge on any atom is 0.154 e. The van der Waals surface area contributed by atoms with Crippen LogP contribution in [0.3, 0.4) is 0 Å². The lowest BCUT2D eigenvalue weighted by atomic mass is 9.77. The molecule has 250 valence electrons.